The molecule has 0 rings (SSSR count). The molecule has 50 heavy (non-hydrogen) atoms. The summed E-state index contributed by atoms with van der Waals surface area (Å²) in [7, 11) is -4.70. The molecule has 0 heterocycles. The lowest BCUT2D eigenvalue weighted by atomic mass is 10.1. The monoisotopic (exact) mass is 733 g/mol. The van der Waals surface area contributed by atoms with E-state index in [0.717, 1.165) is 44.9 Å². The van der Waals surface area contributed by atoms with E-state index in [4.69, 9.17) is 24.8 Å². The molecule has 0 bridgehead atoms. The van der Waals surface area contributed by atoms with Crippen LogP contribution in [0.5, 0.6) is 0 Å². The first-order valence-corrected chi connectivity index (χ1v) is 21.2. The molecular weight excluding hydrogens is 661 g/mol. The van der Waals surface area contributed by atoms with Gasteiger partial charge < -0.3 is 25.2 Å². The van der Waals surface area contributed by atoms with Crippen LogP contribution in [0.25, 0.3) is 0 Å². The van der Waals surface area contributed by atoms with Crippen LogP contribution in [0.3, 0.4) is 0 Å². The Labute approximate surface area is 303 Å². The fourth-order valence-electron chi connectivity index (χ4n) is 5.35. The maximum absolute atomic E-state index is 12.5. The number of phosphoric ester groups is 1. The molecule has 0 aromatic heterocycles. The second kappa shape index (κ2) is 34.3. The van der Waals surface area contributed by atoms with Crippen molar-refractivity contribution in [1.29, 1.82) is 0 Å². The van der Waals surface area contributed by atoms with Crippen LogP contribution in [0.2, 0.25) is 0 Å². The van der Waals surface area contributed by atoms with E-state index in [1.807, 2.05) is 0 Å². The summed E-state index contributed by atoms with van der Waals surface area (Å²) in [5.41, 5.74) is 5.31. The average molecular weight is 734 g/mol. The molecule has 11 nitrogen and oxygen atoms in total. The molecule has 0 aromatic carbocycles. The highest BCUT2D eigenvalue weighted by Gasteiger charge is 2.28. The van der Waals surface area contributed by atoms with Crippen LogP contribution < -0.4 is 5.73 Å². The van der Waals surface area contributed by atoms with Crippen molar-refractivity contribution < 1.29 is 47.5 Å². The van der Waals surface area contributed by atoms with Gasteiger partial charge in [0, 0.05) is 12.8 Å². The fourth-order valence-corrected chi connectivity index (χ4v) is 6.13. The third-order valence-electron chi connectivity index (χ3n) is 8.51. The van der Waals surface area contributed by atoms with Crippen molar-refractivity contribution in [1.82, 2.24) is 0 Å². The molecule has 4 N–H and O–H groups in total. The third-order valence-corrected chi connectivity index (χ3v) is 9.46. The van der Waals surface area contributed by atoms with Gasteiger partial charge in [-0.1, -0.05) is 142 Å². The van der Waals surface area contributed by atoms with Gasteiger partial charge in [0.25, 0.3) is 0 Å². The first-order chi connectivity index (χ1) is 24.1. The zero-order chi connectivity index (χ0) is 37.1. The SMILES string of the molecule is CCCCCC/C=C/CCCCCCCCCC(=O)OC[C@H](COP(=O)(O)OC[C@H](N)C(=O)O)OC(=O)CCCCCCCCCCCCC. The quantitative estimate of drug-likeness (QED) is 0.0240. The lowest BCUT2D eigenvalue weighted by molar-refractivity contribution is -0.161. The Morgan fingerprint density at radius 1 is 0.600 bits per heavy atom. The second-order valence-corrected chi connectivity index (χ2v) is 14.9. The van der Waals surface area contributed by atoms with Crippen LogP contribution in [0.4, 0.5) is 0 Å². The number of carbonyl (C=O) groups is 3. The van der Waals surface area contributed by atoms with Gasteiger partial charge in [0.05, 0.1) is 13.2 Å². The normalized spacial score (nSPS) is 14.0. The highest BCUT2D eigenvalue weighted by atomic mass is 31.2. The fraction of sp³-hybridized carbons (Fsp3) is 0.868. The molecule has 0 aromatic rings. The van der Waals surface area contributed by atoms with Gasteiger partial charge in [0.1, 0.15) is 12.6 Å². The van der Waals surface area contributed by atoms with Gasteiger partial charge in [-0.05, 0) is 38.5 Å². The minimum atomic E-state index is -4.70. The van der Waals surface area contributed by atoms with Crippen LogP contribution in [0.15, 0.2) is 12.2 Å². The molecule has 12 heteroatoms. The van der Waals surface area contributed by atoms with Gasteiger partial charge in [0.15, 0.2) is 6.10 Å². The molecule has 0 amide bonds. The molecular formula is C38H72NO10P. The molecule has 0 aliphatic rings. The number of aliphatic carboxylic acids is 1. The van der Waals surface area contributed by atoms with E-state index in [1.165, 1.54) is 96.3 Å². The Balaban J connectivity index is 4.39. The highest BCUT2D eigenvalue weighted by Crippen LogP contribution is 2.43. The van der Waals surface area contributed by atoms with Crippen molar-refractivity contribution in [3.63, 3.8) is 0 Å². The predicted octanol–water partition coefficient (Wildman–Crippen LogP) is 9.73. The maximum Gasteiger partial charge on any atom is 0.472 e. The van der Waals surface area contributed by atoms with Gasteiger partial charge in [-0.25, -0.2) is 4.57 Å². The summed E-state index contributed by atoms with van der Waals surface area (Å²) < 4.78 is 32.6. The van der Waals surface area contributed by atoms with E-state index in [2.05, 4.69) is 30.5 Å². The Morgan fingerprint density at radius 3 is 1.48 bits per heavy atom. The molecule has 0 radical (unpaired) electrons. The van der Waals surface area contributed by atoms with Gasteiger partial charge in [0.2, 0.25) is 0 Å². The average Bonchev–Trinajstić information content (AvgIpc) is 3.09. The molecule has 0 saturated heterocycles. The number of esters is 2. The summed E-state index contributed by atoms with van der Waals surface area (Å²) in [5.74, 6) is -2.38. The Kier molecular flexibility index (Phi) is 33.1. The van der Waals surface area contributed by atoms with E-state index < -0.39 is 51.1 Å². The summed E-state index contributed by atoms with van der Waals surface area (Å²) in [5, 5.41) is 8.85. The topological polar surface area (TPSA) is 172 Å². The Bertz CT molecular complexity index is 916. The third kappa shape index (κ3) is 33.4. The summed E-state index contributed by atoms with van der Waals surface area (Å²) in [6.45, 7) is 2.77. The van der Waals surface area contributed by atoms with Crippen LogP contribution in [0.1, 0.15) is 181 Å². The van der Waals surface area contributed by atoms with E-state index in [-0.39, 0.29) is 19.4 Å². The number of phosphoric acid groups is 1. The number of hydrogen-bond donors (Lipinski definition) is 3. The van der Waals surface area contributed by atoms with Crippen molar-refractivity contribution >= 4 is 25.7 Å². The molecule has 0 aliphatic carbocycles. The maximum atomic E-state index is 12.5. The second-order valence-electron chi connectivity index (χ2n) is 13.4. The summed E-state index contributed by atoms with van der Waals surface area (Å²) in [4.78, 5) is 45.7. The van der Waals surface area contributed by atoms with Crippen molar-refractivity contribution in [3.8, 4) is 0 Å². The number of hydrogen-bond acceptors (Lipinski definition) is 9. The summed E-state index contributed by atoms with van der Waals surface area (Å²) in [6.07, 6.45) is 31.4. The summed E-state index contributed by atoms with van der Waals surface area (Å²) in [6, 6.07) is -1.52. The van der Waals surface area contributed by atoms with Crippen molar-refractivity contribution in [2.24, 2.45) is 5.73 Å². The number of carbonyl (C=O) groups excluding carboxylic acids is 2. The summed E-state index contributed by atoms with van der Waals surface area (Å²) >= 11 is 0. The number of rotatable bonds is 37. The highest BCUT2D eigenvalue weighted by molar-refractivity contribution is 7.47. The van der Waals surface area contributed by atoms with Gasteiger partial charge in [-0.2, -0.15) is 0 Å². The van der Waals surface area contributed by atoms with Crippen LogP contribution >= 0.6 is 7.82 Å². The Hall–Kier alpha value is -1.78. The minimum Gasteiger partial charge on any atom is -0.480 e. The van der Waals surface area contributed by atoms with E-state index in [0.29, 0.717) is 12.8 Å². The van der Waals surface area contributed by atoms with Gasteiger partial charge in [-0.3, -0.25) is 23.4 Å². The standard InChI is InChI=1S/C38H72NO10P/c1-3-5-7-9-11-13-15-16-17-18-20-21-23-25-27-29-36(40)46-31-34(32-47-50(44,45)48-33-35(39)38(42)43)49-37(41)30-28-26-24-22-19-14-12-10-8-6-4-2/h13,15,34-35H,3-12,14,16-33,39H2,1-2H3,(H,42,43)(H,44,45)/b15-13+/t34-,35+/m1/s1. The van der Waals surface area contributed by atoms with E-state index in [1.54, 1.807) is 0 Å². The number of ether oxygens (including phenoxy) is 2. The number of carboxylic acid groups (broad SMARTS) is 1. The first kappa shape index (κ1) is 48.2. The lowest BCUT2D eigenvalue weighted by Gasteiger charge is -2.20. The van der Waals surface area contributed by atoms with Crippen molar-refractivity contribution in [2.45, 2.75) is 193 Å². The Morgan fingerprint density at radius 2 is 1.00 bits per heavy atom. The van der Waals surface area contributed by atoms with Crippen LogP contribution in [-0.4, -0.2) is 59.9 Å². The van der Waals surface area contributed by atoms with E-state index in [9.17, 15) is 23.8 Å². The zero-order valence-electron chi connectivity index (χ0n) is 31.5. The molecule has 1 unspecified atom stereocenters. The lowest BCUT2D eigenvalue weighted by Crippen LogP contribution is -2.34. The van der Waals surface area contributed by atoms with Crippen molar-refractivity contribution in [2.75, 3.05) is 19.8 Å². The van der Waals surface area contributed by atoms with E-state index >= 15 is 0 Å². The smallest absolute Gasteiger partial charge is 0.472 e. The molecule has 294 valence electrons. The number of carboxylic acids is 1. The molecule has 0 fully saturated rings. The van der Waals surface area contributed by atoms with Crippen LogP contribution in [0, 0.1) is 0 Å². The van der Waals surface area contributed by atoms with Crippen molar-refractivity contribution in [3.05, 3.63) is 12.2 Å². The largest absolute Gasteiger partial charge is 0.480 e. The van der Waals surface area contributed by atoms with Gasteiger partial charge in [-0.15, -0.1) is 0 Å². The van der Waals surface area contributed by atoms with Crippen LogP contribution in [-0.2, 0) is 37.5 Å². The molecule has 3 atom stereocenters. The first-order valence-electron chi connectivity index (χ1n) is 19.7. The predicted molar refractivity (Wildman–Crippen MR) is 199 cm³/mol. The number of nitrogens with two attached hydrogens (primary N) is 1. The molecule has 0 aliphatic heterocycles. The molecule has 0 saturated carbocycles. The number of unbranched alkanes of at least 4 members (excludes halogenated alkanes) is 21. The van der Waals surface area contributed by atoms with Gasteiger partial charge >= 0.3 is 25.7 Å². The minimum absolute atomic E-state index is 0.165. The zero-order valence-corrected chi connectivity index (χ0v) is 32.4. The molecule has 0 spiro atoms. The number of allylic oxidation sites excluding steroid dienone is 2.